The fraction of sp³-hybridized carbons (Fsp3) is 0.286. The molecule has 0 aliphatic carbocycles. The molecule has 56 valence electrons. The van der Waals surface area contributed by atoms with E-state index in [1.807, 2.05) is 6.92 Å². The maximum atomic E-state index is 5.54. The van der Waals surface area contributed by atoms with Crippen LogP contribution in [-0.4, -0.2) is 5.71 Å². The molecule has 0 aliphatic heterocycles. The molecule has 1 unspecified atom stereocenters. The van der Waals surface area contributed by atoms with Gasteiger partial charge < -0.3 is 0 Å². The number of halogens is 1. The Labute approximate surface area is 69.1 Å². The van der Waals surface area contributed by atoms with Gasteiger partial charge >= 0.3 is 0 Å². The molecule has 0 N–H and O–H groups in total. The summed E-state index contributed by atoms with van der Waals surface area (Å²) in [5, 5.41) is 1.56. The van der Waals surface area contributed by atoms with Crippen LogP contribution in [0.2, 0.25) is 0 Å². The number of aliphatic imine (C=N–C) groups is 1. The average molecular weight is 176 g/mol. The Morgan fingerprint density at radius 3 is 2.40 bits per heavy atom. The zero-order valence-corrected chi connectivity index (χ0v) is 8.10. The SMILES string of the molecule is C=C(P)C(C)=N/C=C(\C)Cl. The van der Waals surface area contributed by atoms with Gasteiger partial charge in [-0.1, -0.05) is 18.2 Å². The van der Waals surface area contributed by atoms with Crippen molar-refractivity contribution in [3.63, 3.8) is 0 Å². The number of allylic oxidation sites excluding steroid dienone is 2. The van der Waals surface area contributed by atoms with Crippen molar-refractivity contribution >= 4 is 26.6 Å². The average Bonchev–Trinajstić information content (AvgIpc) is 1.82. The van der Waals surface area contributed by atoms with E-state index in [9.17, 15) is 0 Å². The monoisotopic (exact) mass is 175 g/mol. The molecule has 1 atom stereocenters. The molecular formula is C7H11ClNP. The Morgan fingerprint density at radius 2 is 2.10 bits per heavy atom. The van der Waals surface area contributed by atoms with Gasteiger partial charge in [0.1, 0.15) is 0 Å². The van der Waals surface area contributed by atoms with Crippen LogP contribution in [-0.2, 0) is 0 Å². The fourth-order valence-electron chi connectivity index (χ4n) is 0.269. The highest BCUT2D eigenvalue weighted by atomic mass is 35.5. The van der Waals surface area contributed by atoms with Gasteiger partial charge in [-0.2, -0.15) is 0 Å². The topological polar surface area (TPSA) is 12.4 Å². The minimum atomic E-state index is 0.672. The maximum Gasteiger partial charge on any atom is 0.0438 e. The van der Waals surface area contributed by atoms with Gasteiger partial charge in [0.2, 0.25) is 0 Å². The van der Waals surface area contributed by atoms with E-state index in [0.717, 1.165) is 11.0 Å². The summed E-state index contributed by atoms with van der Waals surface area (Å²) in [6.07, 6.45) is 1.60. The number of hydrogen-bond acceptors (Lipinski definition) is 1. The molecule has 0 aromatic carbocycles. The van der Waals surface area contributed by atoms with Gasteiger partial charge in [-0.05, 0) is 19.2 Å². The van der Waals surface area contributed by atoms with Crippen LogP contribution in [0.1, 0.15) is 13.8 Å². The van der Waals surface area contributed by atoms with Crippen molar-refractivity contribution in [2.45, 2.75) is 13.8 Å². The molecule has 0 aliphatic rings. The molecule has 0 saturated carbocycles. The summed E-state index contributed by atoms with van der Waals surface area (Å²) in [6, 6.07) is 0. The standard InChI is InChI=1S/C7H11ClNP/c1-5(8)4-9-6(2)7(3)10/h4H,3,10H2,1-2H3/b5-4+,9-6?. The summed E-state index contributed by atoms with van der Waals surface area (Å²) >= 11 is 5.54. The van der Waals surface area contributed by atoms with Crippen molar-refractivity contribution in [2.24, 2.45) is 4.99 Å². The summed E-state index contributed by atoms with van der Waals surface area (Å²) in [7, 11) is 2.48. The molecule has 0 radical (unpaired) electrons. The molecule has 0 aromatic heterocycles. The van der Waals surface area contributed by atoms with Gasteiger partial charge in [0.15, 0.2) is 0 Å². The van der Waals surface area contributed by atoms with Crippen molar-refractivity contribution in [1.29, 1.82) is 0 Å². The van der Waals surface area contributed by atoms with Crippen LogP contribution in [0, 0.1) is 0 Å². The maximum absolute atomic E-state index is 5.54. The molecule has 0 fully saturated rings. The van der Waals surface area contributed by atoms with E-state index in [0.29, 0.717) is 5.03 Å². The lowest BCUT2D eigenvalue weighted by Crippen LogP contribution is -1.85. The van der Waals surface area contributed by atoms with Gasteiger partial charge in [0, 0.05) is 16.9 Å². The molecule has 0 bridgehead atoms. The van der Waals surface area contributed by atoms with Crippen LogP contribution < -0.4 is 0 Å². The molecule has 0 spiro atoms. The highest BCUT2D eigenvalue weighted by molar-refractivity contribution is 7.25. The highest BCUT2D eigenvalue weighted by Gasteiger charge is 1.87. The van der Waals surface area contributed by atoms with E-state index < -0.39 is 0 Å². The van der Waals surface area contributed by atoms with Crippen molar-refractivity contribution < 1.29 is 0 Å². The highest BCUT2D eigenvalue weighted by Crippen LogP contribution is 2.05. The first-order valence-corrected chi connectivity index (χ1v) is 3.81. The lowest BCUT2D eigenvalue weighted by atomic mass is 10.4. The summed E-state index contributed by atoms with van der Waals surface area (Å²) < 4.78 is 0. The van der Waals surface area contributed by atoms with E-state index in [1.165, 1.54) is 0 Å². The quantitative estimate of drug-likeness (QED) is 0.452. The third kappa shape index (κ3) is 4.72. The zero-order chi connectivity index (χ0) is 8.15. The Morgan fingerprint density at radius 1 is 1.60 bits per heavy atom. The van der Waals surface area contributed by atoms with Crippen molar-refractivity contribution in [3.8, 4) is 0 Å². The first-order chi connectivity index (χ1) is 4.54. The minimum absolute atomic E-state index is 0.672. The minimum Gasteiger partial charge on any atom is -0.260 e. The zero-order valence-electron chi connectivity index (χ0n) is 6.19. The van der Waals surface area contributed by atoms with E-state index >= 15 is 0 Å². The molecule has 0 amide bonds. The Kier molecular flexibility index (Phi) is 4.59. The summed E-state index contributed by atoms with van der Waals surface area (Å²) in [6.45, 7) is 7.36. The number of rotatable bonds is 2. The first kappa shape index (κ1) is 9.87. The smallest absolute Gasteiger partial charge is 0.0438 e. The lowest BCUT2D eigenvalue weighted by Gasteiger charge is -1.92. The van der Waals surface area contributed by atoms with Gasteiger partial charge in [0.25, 0.3) is 0 Å². The Balaban J connectivity index is 4.19. The second-order valence-electron chi connectivity index (χ2n) is 1.96. The van der Waals surface area contributed by atoms with Gasteiger partial charge in [0.05, 0.1) is 0 Å². The van der Waals surface area contributed by atoms with Crippen molar-refractivity contribution in [2.75, 3.05) is 0 Å². The van der Waals surface area contributed by atoms with Crippen molar-refractivity contribution in [3.05, 3.63) is 23.1 Å². The van der Waals surface area contributed by atoms with Crippen LogP contribution in [0.3, 0.4) is 0 Å². The fourth-order valence-corrected chi connectivity index (χ4v) is 0.392. The van der Waals surface area contributed by atoms with Gasteiger partial charge in [-0.15, -0.1) is 9.24 Å². The largest absolute Gasteiger partial charge is 0.260 e. The number of hydrogen-bond donors (Lipinski definition) is 0. The molecule has 1 nitrogen and oxygen atoms in total. The van der Waals surface area contributed by atoms with E-state index in [2.05, 4.69) is 20.8 Å². The van der Waals surface area contributed by atoms with Crippen LogP contribution in [0.5, 0.6) is 0 Å². The second kappa shape index (κ2) is 4.65. The van der Waals surface area contributed by atoms with Gasteiger partial charge in [-0.3, -0.25) is 4.99 Å². The molecule has 0 saturated heterocycles. The van der Waals surface area contributed by atoms with Gasteiger partial charge in [-0.25, -0.2) is 0 Å². The van der Waals surface area contributed by atoms with Crippen LogP contribution >= 0.6 is 20.8 Å². The Bertz CT molecular complexity index is 190. The molecule has 0 heterocycles. The van der Waals surface area contributed by atoms with E-state index in [1.54, 1.807) is 13.1 Å². The third-order valence-corrected chi connectivity index (χ3v) is 1.42. The molecule has 0 rings (SSSR count). The molecular weight excluding hydrogens is 165 g/mol. The second-order valence-corrected chi connectivity index (χ2v) is 3.25. The summed E-state index contributed by atoms with van der Waals surface area (Å²) in [4.78, 5) is 4.03. The summed E-state index contributed by atoms with van der Waals surface area (Å²) in [5.74, 6) is 0. The summed E-state index contributed by atoms with van der Waals surface area (Å²) in [5.41, 5.74) is 0.880. The number of nitrogens with zero attached hydrogens (tertiary/aromatic N) is 1. The van der Waals surface area contributed by atoms with Crippen molar-refractivity contribution in [1.82, 2.24) is 0 Å². The van der Waals surface area contributed by atoms with E-state index in [4.69, 9.17) is 11.6 Å². The third-order valence-electron chi connectivity index (χ3n) is 0.901. The first-order valence-electron chi connectivity index (χ1n) is 2.85. The van der Waals surface area contributed by atoms with Crippen LogP contribution in [0.4, 0.5) is 0 Å². The predicted octanol–water partition coefficient (Wildman–Crippen LogP) is 2.94. The van der Waals surface area contributed by atoms with Crippen LogP contribution in [0.15, 0.2) is 28.1 Å². The Hall–Kier alpha value is -0.130. The normalized spacial score (nSPS) is 13.6. The van der Waals surface area contributed by atoms with E-state index in [-0.39, 0.29) is 0 Å². The predicted molar refractivity (Wildman–Crippen MR) is 51.6 cm³/mol. The molecule has 3 heteroatoms. The van der Waals surface area contributed by atoms with Crippen LogP contribution in [0.25, 0.3) is 0 Å². The lowest BCUT2D eigenvalue weighted by molar-refractivity contribution is 1.48. The molecule has 0 aromatic rings. The molecule has 10 heavy (non-hydrogen) atoms.